The molecule has 0 saturated carbocycles. The second kappa shape index (κ2) is 10.1. The zero-order valence-electron chi connectivity index (χ0n) is 20.2. The van der Waals surface area contributed by atoms with Gasteiger partial charge in [-0.25, -0.2) is 0 Å². The highest BCUT2D eigenvalue weighted by atomic mass is 16.5. The lowest BCUT2D eigenvalue weighted by atomic mass is 9.74. The molecular formula is C27H30N2O5. The fourth-order valence-electron chi connectivity index (χ4n) is 4.14. The van der Waals surface area contributed by atoms with Crippen molar-refractivity contribution in [1.82, 2.24) is 0 Å². The third kappa shape index (κ3) is 4.96. The molecule has 0 bridgehead atoms. The number of rotatable bonds is 6. The molecule has 2 aromatic carbocycles. The maximum atomic E-state index is 12.8. The van der Waals surface area contributed by atoms with Crippen LogP contribution in [0.2, 0.25) is 0 Å². The van der Waals surface area contributed by atoms with E-state index < -0.39 is 29.7 Å². The number of hydrogen-bond acceptors (Lipinski definition) is 7. The number of hydrogen-bond donors (Lipinski definition) is 1. The first-order valence-electron chi connectivity index (χ1n) is 11.4. The van der Waals surface area contributed by atoms with Gasteiger partial charge in [0.25, 0.3) is 0 Å². The molecule has 3 atom stereocenters. The van der Waals surface area contributed by atoms with Crippen LogP contribution in [0.1, 0.15) is 51.7 Å². The van der Waals surface area contributed by atoms with Crippen molar-refractivity contribution in [3.8, 4) is 22.9 Å². The molecule has 0 fully saturated rings. The van der Waals surface area contributed by atoms with Crippen LogP contribution in [0.25, 0.3) is 11.1 Å². The van der Waals surface area contributed by atoms with E-state index in [1.807, 2.05) is 30.3 Å². The quantitative estimate of drug-likeness (QED) is 0.606. The molecule has 3 rings (SSSR count). The van der Waals surface area contributed by atoms with Crippen LogP contribution >= 0.6 is 0 Å². The lowest BCUT2D eigenvalue weighted by Gasteiger charge is -2.34. The number of nitrogens with one attached hydrogen (secondary N) is 1. The van der Waals surface area contributed by atoms with E-state index in [1.54, 1.807) is 19.9 Å². The van der Waals surface area contributed by atoms with E-state index >= 15 is 0 Å². The van der Waals surface area contributed by atoms with Gasteiger partial charge in [0, 0.05) is 11.5 Å². The summed E-state index contributed by atoms with van der Waals surface area (Å²) in [6.07, 6.45) is 0. The van der Waals surface area contributed by atoms with Crippen molar-refractivity contribution in [2.75, 3.05) is 13.2 Å². The summed E-state index contributed by atoms with van der Waals surface area (Å²) in [4.78, 5) is 25.5. The summed E-state index contributed by atoms with van der Waals surface area (Å²) >= 11 is 0. The monoisotopic (exact) mass is 462 g/mol. The normalized spacial score (nSPS) is 18.2. The predicted octanol–water partition coefficient (Wildman–Crippen LogP) is 4.99. The van der Waals surface area contributed by atoms with Crippen LogP contribution < -0.4 is 4.74 Å². The number of ether oxygens (including phenoxy) is 3. The number of carbonyl (C=O) groups excluding carboxylic acids is 2. The van der Waals surface area contributed by atoms with Crippen molar-refractivity contribution in [2.45, 2.75) is 46.0 Å². The number of nitriles is 1. The molecule has 1 N–H and O–H groups in total. The minimum atomic E-state index is -1.31. The van der Waals surface area contributed by atoms with E-state index in [0.29, 0.717) is 11.3 Å². The van der Waals surface area contributed by atoms with Crippen LogP contribution in [-0.2, 0) is 24.5 Å². The fourth-order valence-corrected chi connectivity index (χ4v) is 4.14. The Morgan fingerprint density at radius 1 is 1.06 bits per heavy atom. The summed E-state index contributed by atoms with van der Waals surface area (Å²) < 4.78 is 15.9. The van der Waals surface area contributed by atoms with Gasteiger partial charge in [0.2, 0.25) is 5.90 Å². The average Bonchev–Trinajstić information content (AvgIpc) is 2.79. The second-order valence-corrected chi connectivity index (χ2v) is 9.16. The molecule has 0 saturated heterocycles. The molecule has 0 amide bonds. The first-order valence-corrected chi connectivity index (χ1v) is 11.4. The molecular weight excluding hydrogens is 432 g/mol. The summed E-state index contributed by atoms with van der Waals surface area (Å²) in [5, 5.41) is 18.2. The van der Waals surface area contributed by atoms with Gasteiger partial charge in [-0.05, 0) is 48.1 Å². The van der Waals surface area contributed by atoms with E-state index in [0.717, 1.165) is 11.1 Å². The largest absolute Gasteiger partial charge is 0.465 e. The topological polar surface area (TPSA) is 109 Å². The van der Waals surface area contributed by atoms with Crippen molar-refractivity contribution in [3.05, 3.63) is 53.6 Å². The van der Waals surface area contributed by atoms with Gasteiger partial charge in [-0.3, -0.25) is 15.0 Å². The molecule has 1 heterocycles. The van der Waals surface area contributed by atoms with E-state index in [1.165, 1.54) is 5.56 Å². The summed E-state index contributed by atoms with van der Waals surface area (Å²) in [6, 6.07) is 15.5. The van der Waals surface area contributed by atoms with Crippen LogP contribution in [0.5, 0.6) is 5.75 Å². The highest BCUT2D eigenvalue weighted by Gasteiger charge is 2.48. The lowest BCUT2D eigenvalue weighted by molar-refractivity contribution is -0.150. The van der Waals surface area contributed by atoms with Crippen LogP contribution in [0.15, 0.2) is 42.5 Å². The summed E-state index contributed by atoms with van der Waals surface area (Å²) in [7, 11) is 0. The Bertz CT molecular complexity index is 1130. The highest BCUT2D eigenvalue weighted by molar-refractivity contribution is 6.01. The van der Waals surface area contributed by atoms with Crippen molar-refractivity contribution >= 4 is 17.8 Å². The minimum Gasteiger partial charge on any atom is -0.465 e. The molecule has 2 aromatic rings. The Hall–Kier alpha value is -3.66. The fraction of sp³-hybridized carbons (Fsp3) is 0.407. The molecule has 178 valence electrons. The molecule has 7 nitrogen and oxygen atoms in total. The van der Waals surface area contributed by atoms with Crippen LogP contribution in [-0.4, -0.2) is 31.1 Å². The molecule has 1 aliphatic heterocycles. The van der Waals surface area contributed by atoms with Crippen LogP contribution in [0, 0.1) is 28.6 Å². The maximum Gasteiger partial charge on any atom is 0.324 e. The van der Waals surface area contributed by atoms with Crippen molar-refractivity contribution in [1.29, 1.82) is 10.7 Å². The lowest BCUT2D eigenvalue weighted by Crippen LogP contribution is -2.42. The molecule has 34 heavy (non-hydrogen) atoms. The predicted molar refractivity (Wildman–Crippen MR) is 128 cm³/mol. The summed E-state index contributed by atoms with van der Waals surface area (Å²) in [6.45, 7) is 9.92. The Balaban J connectivity index is 2.13. The number of carbonyl (C=O) groups is 2. The number of esters is 2. The average molecular weight is 463 g/mol. The second-order valence-electron chi connectivity index (χ2n) is 9.16. The Kier molecular flexibility index (Phi) is 7.41. The molecule has 3 unspecified atom stereocenters. The van der Waals surface area contributed by atoms with Crippen LogP contribution in [0.4, 0.5) is 0 Å². The Morgan fingerprint density at radius 3 is 2.24 bits per heavy atom. The smallest absolute Gasteiger partial charge is 0.324 e. The molecule has 0 aliphatic carbocycles. The Morgan fingerprint density at radius 2 is 1.68 bits per heavy atom. The first-order chi connectivity index (χ1) is 16.1. The highest BCUT2D eigenvalue weighted by Crippen LogP contribution is 2.45. The van der Waals surface area contributed by atoms with Crippen molar-refractivity contribution in [3.63, 3.8) is 0 Å². The summed E-state index contributed by atoms with van der Waals surface area (Å²) in [5.41, 5.74) is 3.47. The molecule has 0 spiro atoms. The number of benzene rings is 2. The van der Waals surface area contributed by atoms with Gasteiger partial charge in [0.05, 0.1) is 19.3 Å². The van der Waals surface area contributed by atoms with E-state index in [9.17, 15) is 14.9 Å². The molecule has 0 radical (unpaired) electrons. The van der Waals surface area contributed by atoms with Gasteiger partial charge < -0.3 is 14.2 Å². The van der Waals surface area contributed by atoms with E-state index in [4.69, 9.17) is 19.6 Å². The maximum absolute atomic E-state index is 12.8. The van der Waals surface area contributed by atoms with Gasteiger partial charge in [-0.15, -0.1) is 0 Å². The third-order valence-electron chi connectivity index (χ3n) is 5.89. The van der Waals surface area contributed by atoms with Crippen molar-refractivity contribution in [2.24, 2.45) is 11.8 Å². The van der Waals surface area contributed by atoms with E-state index in [2.05, 4.69) is 32.9 Å². The van der Waals surface area contributed by atoms with Gasteiger partial charge in [-0.1, -0.05) is 51.1 Å². The minimum absolute atomic E-state index is 0.0141. The SMILES string of the molecule is CCOC(=O)C(C#N)C1c2cc(-c3ccc(C(C)(C)C)cc3)ccc2OC(=N)C1C(=O)OCC. The standard InChI is InChI=1S/C27H30N2O5/c1-6-32-25(30)20(15-28)22-19-14-17(16-8-11-18(12-9-16)27(3,4)5)10-13-21(19)34-24(29)23(22)26(31)33-7-2/h8-14,20,22-23,29H,6-7H2,1-5H3. The molecule has 1 aliphatic rings. The third-order valence-corrected chi connectivity index (χ3v) is 5.89. The summed E-state index contributed by atoms with van der Waals surface area (Å²) in [5.74, 6) is -5.01. The van der Waals surface area contributed by atoms with Crippen LogP contribution in [0.3, 0.4) is 0 Å². The number of fused-ring (bicyclic) bond motifs is 1. The molecule has 0 aromatic heterocycles. The van der Waals surface area contributed by atoms with Gasteiger partial charge in [-0.2, -0.15) is 5.26 Å². The van der Waals surface area contributed by atoms with E-state index in [-0.39, 0.29) is 24.5 Å². The zero-order chi connectivity index (χ0) is 25.0. The van der Waals surface area contributed by atoms with Crippen molar-refractivity contribution < 1.29 is 23.8 Å². The Labute approximate surface area is 200 Å². The number of nitrogens with zero attached hydrogens (tertiary/aromatic N) is 1. The molecule has 7 heteroatoms. The van der Waals surface area contributed by atoms with Gasteiger partial charge in [0.15, 0.2) is 5.92 Å². The van der Waals surface area contributed by atoms with Gasteiger partial charge >= 0.3 is 11.9 Å². The zero-order valence-corrected chi connectivity index (χ0v) is 20.2. The van der Waals surface area contributed by atoms with Gasteiger partial charge in [0.1, 0.15) is 11.7 Å². The first kappa shape index (κ1) is 25.0.